The third kappa shape index (κ3) is 2.39. The largest absolute Gasteiger partial charge is 0.453 e. The highest BCUT2D eigenvalue weighted by Gasteiger charge is 2.15. The Labute approximate surface area is 129 Å². The van der Waals surface area contributed by atoms with E-state index in [1.165, 1.54) is 0 Å². The van der Waals surface area contributed by atoms with Crippen molar-refractivity contribution in [1.82, 2.24) is 0 Å². The molecule has 0 unspecified atom stereocenters. The van der Waals surface area contributed by atoms with Crippen molar-refractivity contribution in [2.75, 3.05) is 0 Å². The molecule has 3 rings (SSSR count). The Morgan fingerprint density at radius 1 is 1.15 bits per heavy atom. The van der Waals surface area contributed by atoms with Gasteiger partial charge < -0.3 is 4.42 Å². The minimum Gasteiger partial charge on any atom is -0.453 e. The second-order valence-electron chi connectivity index (χ2n) is 4.61. The summed E-state index contributed by atoms with van der Waals surface area (Å²) in [5.74, 6) is 0.177. The van der Waals surface area contributed by atoms with E-state index < -0.39 is 0 Å². The van der Waals surface area contributed by atoms with Gasteiger partial charge in [-0.25, -0.2) is 0 Å². The first-order valence-electron chi connectivity index (χ1n) is 6.04. The topological polar surface area (TPSA) is 30.2 Å². The fourth-order valence-electron chi connectivity index (χ4n) is 2.05. The van der Waals surface area contributed by atoms with Crippen LogP contribution in [-0.2, 0) is 0 Å². The van der Waals surface area contributed by atoms with Gasteiger partial charge >= 0.3 is 0 Å². The van der Waals surface area contributed by atoms with Crippen molar-refractivity contribution in [3.05, 3.63) is 68.8 Å². The summed E-state index contributed by atoms with van der Waals surface area (Å²) in [7, 11) is 0. The fourth-order valence-corrected chi connectivity index (χ4v) is 2.55. The van der Waals surface area contributed by atoms with Crippen molar-refractivity contribution < 1.29 is 9.21 Å². The highest BCUT2D eigenvalue weighted by atomic mass is 79.9. The molecule has 0 radical (unpaired) electrons. The molecule has 1 heterocycles. The van der Waals surface area contributed by atoms with E-state index in [1.807, 2.05) is 25.1 Å². The first-order chi connectivity index (χ1) is 9.54. The van der Waals surface area contributed by atoms with Gasteiger partial charge in [0.15, 0.2) is 5.76 Å². The standard InChI is InChI=1S/C16H10BrClO2/c1-9-2-5-14-11(6-9)8-15(20-14)16(19)10-3-4-13(18)12(17)7-10/h2-8H,1H3. The Kier molecular flexibility index (Phi) is 3.40. The molecule has 2 nitrogen and oxygen atoms in total. The second kappa shape index (κ2) is 5.08. The minimum absolute atomic E-state index is 0.156. The van der Waals surface area contributed by atoms with Crippen LogP contribution in [0.3, 0.4) is 0 Å². The monoisotopic (exact) mass is 348 g/mol. The molecule has 1 aromatic heterocycles. The van der Waals surface area contributed by atoms with E-state index >= 15 is 0 Å². The lowest BCUT2D eigenvalue weighted by Crippen LogP contribution is -1.99. The molecule has 0 saturated heterocycles. The van der Waals surface area contributed by atoms with Crippen molar-refractivity contribution in [2.45, 2.75) is 6.92 Å². The quantitative estimate of drug-likeness (QED) is 0.581. The summed E-state index contributed by atoms with van der Waals surface area (Å²) in [5, 5.41) is 1.50. The molecule has 0 amide bonds. The van der Waals surface area contributed by atoms with Gasteiger partial charge in [0.1, 0.15) is 5.58 Å². The van der Waals surface area contributed by atoms with Crippen LogP contribution in [0, 0.1) is 6.92 Å². The number of halogens is 2. The number of furan rings is 1. The lowest BCUT2D eigenvalue weighted by Gasteiger charge is -2.00. The number of aryl methyl sites for hydroxylation is 1. The summed E-state index contributed by atoms with van der Waals surface area (Å²) < 4.78 is 6.30. The smallest absolute Gasteiger partial charge is 0.228 e. The van der Waals surface area contributed by atoms with E-state index in [1.54, 1.807) is 24.3 Å². The maximum atomic E-state index is 12.4. The Bertz CT molecular complexity index is 820. The number of hydrogen-bond acceptors (Lipinski definition) is 2. The highest BCUT2D eigenvalue weighted by Crippen LogP contribution is 2.26. The van der Waals surface area contributed by atoms with Crippen molar-refractivity contribution in [3.8, 4) is 0 Å². The summed E-state index contributed by atoms with van der Waals surface area (Å²) in [4.78, 5) is 12.4. The molecule has 0 N–H and O–H groups in total. The molecule has 0 atom stereocenters. The van der Waals surface area contributed by atoms with E-state index in [0.29, 0.717) is 26.4 Å². The molecule has 0 spiro atoms. The molecule has 4 heteroatoms. The lowest BCUT2D eigenvalue weighted by molar-refractivity contribution is 0.101. The number of rotatable bonds is 2. The van der Waals surface area contributed by atoms with E-state index in [4.69, 9.17) is 16.0 Å². The van der Waals surface area contributed by atoms with Crippen LogP contribution in [0.1, 0.15) is 21.7 Å². The van der Waals surface area contributed by atoms with Crippen LogP contribution in [0.2, 0.25) is 5.02 Å². The normalized spacial score (nSPS) is 10.9. The lowest BCUT2D eigenvalue weighted by atomic mass is 10.1. The van der Waals surface area contributed by atoms with Gasteiger partial charge in [-0.15, -0.1) is 0 Å². The number of benzene rings is 2. The van der Waals surface area contributed by atoms with E-state index in [-0.39, 0.29) is 5.78 Å². The molecule has 0 aliphatic carbocycles. The van der Waals surface area contributed by atoms with Gasteiger partial charge in [0.05, 0.1) is 5.02 Å². The van der Waals surface area contributed by atoms with Crippen LogP contribution in [0.25, 0.3) is 11.0 Å². The number of fused-ring (bicyclic) bond motifs is 1. The molecule has 0 aliphatic rings. The van der Waals surface area contributed by atoms with Gasteiger partial charge in [-0.1, -0.05) is 23.2 Å². The van der Waals surface area contributed by atoms with Crippen LogP contribution in [0.15, 0.2) is 51.4 Å². The van der Waals surface area contributed by atoms with Gasteiger partial charge in [0, 0.05) is 15.4 Å². The van der Waals surface area contributed by atoms with Crippen LogP contribution >= 0.6 is 27.5 Å². The van der Waals surface area contributed by atoms with Gasteiger partial charge in [-0.3, -0.25) is 4.79 Å². The maximum absolute atomic E-state index is 12.4. The third-order valence-corrected chi connectivity index (χ3v) is 4.29. The van der Waals surface area contributed by atoms with Gasteiger partial charge in [-0.2, -0.15) is 0 Å². The summed E-state index contributed by atoms with van der Waals surface area (Å²) in [5.41, 5.74) is 2.38. The predicted octanol–water partition coefficient (Wildman–Crippen LogP) is 5.39. The summed E-state index contributed by atoms with van der Waals surface area (Å²) in [6.07, 6.45) is 0. The van der Waals surface area contributed by atoms with Crippen LogP contribution in [-0.4, -0.2) is 5.78 Å². The molecule has 0 fully saturated rings. The third-order valence-electron chi connectivity index (χ3n) is 3.08. The summed E-state index contributed by atoms with van der Waals surface area (Å²) in [6, 6.07) is 12.7. The van der Waals surface area contributed by atoms with E-state index in [9.17, 15) is 4.79 Å². The second-order valence-corrected chi connectivity index (χ2v) is 5.87. The summed E-state index contributed by atoms with van der Waals surface area (Å²) in [6.45, 7) is 2.00. The number of hydrogen-bond donors (Lipinski definition) is 0. The van der Waals surface area contributed by atoms with E-state index in [0.717, 1.165) is 10.9 Å². The van der Waals surface area contributed by atoms with Gasteiger partial charge in [-0.05, 0) is 59.3 Å². The average molecular weight is 350 g/mol. The van der Waals surface area contributed by atoms with Crippen molar-refractivity contribution in [1.29, 1.82) is 0 Å². The van der Waals surface area contributed by atoms with Crippen molar-refractivity contribution in [2.24, 2.45) is 0 Å². The van der Waals surface area contributed by atoms with Crippen LogP contribution in [0.4, 0.5) is 0 Å². The summed E-state index contributed by atoms with van der Waals surface area (Å²) >= 11 is 9.25. The molecule has 0 saturated carbocycles. The predicted molar refractivity (Wildman–Crippen MR) is 83.5 cm³/mol. The number of carbonyl (C=O) groups is 1. The first-order valence-corrected chi connectivity index (χ1v) is 7.21. The molecular formula is C16H10BrClO2. The zero-order chi connectivity index (χ0) is 14.3. The molecule has 100 valence electrons. The zero-order valence-corrected chi connectivity index (χ0v) is 13.0. The Morgan fingerprint density at radius 3 is 2.70 bits per heavy atom. The molecule has 3 aromatic rings. The first kappa shape index (κ1) is 13.4. The zero-order valence-electron chi connectivity index (χ0n) is 10.6. The average Bonchev–Trinajstić information content (AvgIpc) is 2.84. The fraction of sp³-hybridized carbons (Fsp3) is 0.0625. The minimum atomic E-state index is -0.156. The van der Waals surface area contributed by atoms with Gasteiger partial charge in [0.2, 0.25) is 5.78 Å². The molecular weight excluding hydrogens is 340 g/mol. The number of ketones is 1. The van der Waals surface area contributed by atoms with Crippen molar-refractivity contribution in [3.63, 3.8) is 0 Å². The maximum Gasteiger partial charge on any atom is 0.228 e. The Balaban J connectivity index is 2.05. The SMILES string of the molecule is Cc1ccc2oc(C(=O)c3ccc(Cl)c(Br)c3)cc2c1. The number of carbonyl (C=O) groups excluding carboxylic acids is 1. The highest BCUT2D eigenvalue weighted by molar-refractivity contribution is 9.10. The Hall–Kier alpha value is -1.58. The Morgan fingerprint density at radius 2 is 1.95 bits per heavy atom. The molecule has 20 heavy (non-hydrogen) atoms. The molecule has 2 aromatic carbocycles. The van der Waals surface area contributed by atoms with Crippen molar-refractivity contribution >= 4 is 44.3 Å². The van der Waals surface area contributed by atoms with Gasteiger partial charge in [0.25, 0.3) is 0 Å². The molecule has 0 bridgehead atoms. The molecule has 0 aliphatic heterocycles. The van der Waals surface area contributed by atoms with Crippen LogP contribution < -0.4 is 0 Å². The van der Waals surface area contributed by atoms with Crippen LogP contribution in [0.5, 0.6) is 0 Å². The van der Waals surface area contributed by atoms with E-state index in [2.05, 4.69) is 15.9 Å².